The van der Waals surface area contributed by atoms with Crippen LogP contribution >= 0.6 is 0 Å². The molecule has 1 heterocycles. The lowest BCUT2D eigenvalue weighted by atomic mass is 9.99. The van der Waals surface area contributed by atoms with Crippen LogP contribution in [0.5, 0.6) is 0 Å². The van der Waals surface area contributed by atoms with Gasteiger partial charge in [-0.25, -0.2) is 4.79 Å². The van der Waals surface area contributed by atoms with E-state index in [1.165, 1.54) is 0 Å². The van der Waals surface area contributed by atoms with Crippen LogP contribution in [-0.4, -0.2) is 36.6 Å². The molecule has 1 amide bonds. The fourth-order valence-electron chi connectivity index (χ4n) is 2.03. The third-order valence-electron chi connectivity index (χ3n) is 3.25. The fraction of sp³-hybridized carbons (Fsp3) is 0.429. The molecule has 1 fully saturated rings. The molecule has 19 heavy (non-hydrogen) atoms. The molecule has 102 valence electrons. The van der Waals surface area contributed by atoms with E-state index in [1.807, 2.05) is 6.07 Å². The van der Waals surface area contributed by atoms with Crippen molar-refractivity contribution >= 4 is 11.9 Å². The smallest absolute Gasteiger partial charge is 0.335 e. The molecule has 0 radical (unpaired) electrons. The van der Waals surface area contributed by atoms with Gasteiger partial charge in [0.15, 0.2) is 0 Å². The van der Waals surface area contributed by atoms with Crippen molar-refractivity contribution < 1.29 is 14.7 Å². The average molecular weight is 262 g/mol. The van der Waals surface area contributed by atoms with E-state index in [9.17, 15) is 9.59 Å². The highest BCUT2D eigenvalue weighted by Gasteiger charge is 2.19. The molecule has 1 aromatic rings. The van der Waals surface area contributed by atoms with Crippen molar-refractivity contribution in [2.24, 2.45) is 5.92 Å². The number of carbonyl (C=O) groups is 2. The zero-order valence-corrected chi connectivity index (χ0v) is 10.7. The average Bonchev–Trinajstić information content (AvgIpc) is 2.34. The van der Waals surface area contributed by atoms with Gasteiger partial charge in [-0.2, -0.15) is 0 Å². The summed E-state index contributed by atoms with van der Waals surface area (Å²) in [7, 11) is 0. The summed E-state index contributed by atoms with van der Waals surface area (Å²) in [5.41, 5.74) is 1.20. The zero-order valence-electron chi connectivity index (χ0n) is 10.7. The summed E-state index contributed by atoms with van der Waals surface area (Å²) in [4.78, 5) is 22.4. The highest BCUT2D eigenvalue weighted by Crippen LogP contribution is 2.08. The Labute approximate surface area is 112 Å². The number of carboxylic acids is 1. The van der Waals surface area contributed by atoms with Crippen LogP contribution < -0.4 is 10.6 Å². The number of nitrogens with one attached hydrogen (secondary N) is 2. The first kappa shape index (κ1) is 13.5. The Hall–Kier alpha value is -1.88. The van der Waals surface area contributed by atoms with Crippen molar-refractivity contribution in [1.29, 1.82) is 0 Å². The second kappa shape index (κ2) is 6.33. The maximum absolute atomic E-state index is 11.6. The molecule has 1 aromatic carbocycles. The first-order valence-electron chi connectivity index (χ1n) is 6.45. The molecule has 5 nitrogen and oxygen atoms in total. The Morgan fingerprint density at radius 1 is 1.37 bits per heavy atom. The summed E-state index contributed by atoms with van der Waals surface area (Å²) in [5, 5.41) is 14.9. The third-order valence-corrected chi connectivity index (χ3v) is 3.25. The summed E-state index contributed by atoms with van der Waals surface area (Å²) >= 11 is 0. The lowest BCUT2D eigenvalue weighted by Crippen LogP contribution is -2.44. The van der Waals surface area contributed by atoms with Gasteiger partial charge in [0.2, 0.25) is 5.91 Å². The molecule has 0 aliphatic carbocycles. The molecule has 0 bridgehead atoms. The van der Waals surface area contributed by atoms with E-state index in [0.717, 1.165) is 18.7 Å². The Morgan fingerprint density at radius 2 is 2.16 bits per heavy atom. The number of carboxylic acid groups (broad SMARTS) is 1. The minimum absolute atomic E-state index is 0.0703. The van der Waals surface area contributed by atoms with E-state index in [0.29, 0.717) is 25.3 Å². The van der Waals surface area contributed by atoms with Gasteiger partial charge in [0.1, 0.15) is 0 Å². The summed E-state index contributed by atoms with van der Waals surface area (Å²) in [6.07, 6.45) is 1.22. The van der Waals surface area contributed by atoms with E-state index in [1.54, 1.807) is 18.2 Å². The highest BCUT2D eigenvalue weighted by atomic mass is 16.4. The van der Waals surface area contributed by atoms with Gasteiger partial charge in [0.05, 0.1) is 5.56 Å². The third kappa shape index (κ3) is 4.06. The van der Waals surface area contributed by atoms with Crippen LogP contribution in [0.4, 0.5) is 0 Å². The quantitative estimate of drug-likeness (QED) is 0.703. The Bertz CT molecular complexity index is 470. The molecule has 5 heteroatoms. The van der Waals surface area contributed by atoms with Crippen molar-refractivity contribution in [2.75, 3.05) is 19.6 Å². The lowest BCUT2D eigenvalue weighted by molar-refractivity contribution is -0.122. The normalized spacial score (nSPS) is 14.7. The van der Waals surface area contributed by atoms with Crippen LogP contribution in [0.15, 0.2) is 24.3 Å². The highest BCUT2D eigenvalue weighted by molar-refractivity contribution is 5.87. The van der Waals surface area contributed by atoms with Crippen LogP contribution in [0.25, 0.3) is 0 Å². The molecular formula is C14H18N2O3. The number of carbonyl (C=O) groups excluding carboxylic acids is 1. The summed E-state index contributed by atoms with van der Waals surface area (Å²) in [6.45, 7) is 2.39. The van der Waals surface area contributed by atoms with Gasteiger partial charge in [-0.3, -0.25) is 4.79 Å². The summed E-state index contributed by atoms with van der Waals surface area (Å²) < 4.78 is 0. The molecule has 0 unspecified atom stereocenters. The second-order valence-electron chi connectivity index (χ2n) is 4.83. The Morgan fingerprint density at radius 3 is 2.79 bits per heavy atom. The molecule has 0 saturated carbocycles. The van der Waals surface area contributed by atoms with Crippen LogP contribution in [0.1, 0.15) is 22.3 Å². The minimum atomic E-state index is -0.927. The van der Waals surface area contributed by atoms with Gasteiger partial charge in [0, 0.05) is 13.0 Å². The number of hydrogen-bond acceptors (Lipinski definition) is 3. The lowest BCUT2D eigenvalue weighted by Gasteiger charge is -2.26. The number of hydrogen-bond donors (Lipinski definition) is 3. The Balaban J connectivity index is 1.74. The predicted molar refractivity (Wildman–Crippen MR) is 71.1 cm³/mol. The van der Waals surface area contributed by atoms with Gasteiger partial charge in [-0.05, 0) is 43.1 Å². The van der Waals surface area contributed by atoms with Gasteiger partial charge < -0.3 is 15.7 Å². The molecule has 0 atom stereocenters. The molecule has 0 aromatic heterocycles. The molecule has 3 N–H and O–H groups in total. The van der Waals surface area contributed by atoms with E-state index in [-0.39, 0.29) is 11.5 Å². The maximum Gasteiger partial charge on any atom is 0.335 e. The van der Waals surface area contributed by atoms with Crippen molar-refractivity contribution in [1.82, 2.24) is 10.6 Å². The molecule has 1 aliphatic heterocycles. The van der Waals surface area contributed by atoms with Crippen molar-refractivity contribution in [3.05, 3.63) is 35.4 Å². The van der Waals surface area contributed by atoms with E-state index in [2.05, 4.69) is 10.6 Å². The topological polar surface area (TPSA) is 78.4 Å². The second-order valence-corrected chi connectivity index (χ2v) is 4.83. The minimum Gasteiger partial charge on any atom is -0.478 e. The van der Waals surface area contributed by atoms with Crippen LogP contribution in [0, 0.1) is 5.92 Å². The molecular weight excluding hydrogens is 244 g/mol. The standard InChI is InChI=1S/C14H18N2O3/c17-13(7-11-8-15-9-11)16-5-4-10-2-1-3-12(6-10)14(18)19/h1-3,6,11,15H,4-5,7-9H2,(H,16,17)(H,18,19). The monoisotopic (exact) mass is 262 g/mol. The zero-order chi connectivity index (χ0) is 13.7. The number of amides is 1. The van der Waals surface area contributed by atoms with Crippen LogP contribution in [-0.2, 0) is 11.2 Å². The van der Waals surface area contributed by atoms with Gasteiger partial charge in [0.25, 0.3) is 0 Å². The SMILES string of the molecule is O=C(CC1CNC1)NCCc1cccc(C(=O)O)c1. The predicted octanol–water partition coefficient (Wildman–Crippen LogP) is 0.653. The van der Waals surface area contributed by atoms with Crippen molar-refractivity contribution in [3.8, 4) is 0 Å². The van der Waals surface area contributed by atoms with Gasteiger partial charge in [-0.15, -0.1) is 0 Å². The van der Waals surface area contributed by atoms with Crippen LogP contribution in [0.3, 0.4) is 0 Å². The van der Waals surface area contributed by atoms with E-state index >= 15 is 0 Å². The van der Waals surface area contributed by atoms with E-state index < -0.39 is 5.97 Å². The summed E-state index contributed by atoms with van der Waals surface area (Å²) in [5.74, 6) is -0.389. The maximum atomic E-state index is 11.6. The summed E-state index contributed by atoms with van der Waals surface area (Å²) in [6, 6.07) is 6.80. The van der Waals surface area contributed by atoms with Crippen molar-refractivity contribution in [2.45, 2.75) is 12.8 Å². The molecule has 2 rings (SSSR count). The molecule has 0 spiro atoms. The van der Waals surface area contributed by atoms with Crippen LogP contribution in [0.2, 0.25) is 0 Å². The first-order valence-corrected chi connectivity index (χ1v) is 6.45. The van der Waals surface area contributed by atoms with Gasteiger partial charge in [-0.1, -0.05) is 12.1 Å². The number of benzene rings is 1. The molecule has 1 saturated heterocycles. The largest absolute Gasteiger partial charge is 0.478 e. The first-order chi connectivity index (χ1) is 9.15. The number of rotatable bonds is 6. The molecule has 1 aliphatic rings. The van der Waals surface area contributed by atoms with Crippen molar-refractivity contribution in [3.63, 3.8) is 0 Å². The van der Waals surface area contributed by atoms with E-state index in [4.69, 9.17) is 5.11 Å². The van der Waals surface area contributed by atoms with Gasteiger partial charge >= 0.3 is 5.97 Å². The Kier molecular flexibility index (Phi) is 4.52. The fourth-order valence-corrected chi connectivity index (χ4v) is 2.03. The number of aromatic carboxylic acids is 1.